The van der Waals surface area contributed by atoms with Gasteiger partial charge in [-0.15, -0.1) is 0 Å². The molecule has 0 saturated heterocycles. The molecule has 0 atom stereocenters. The minimum Gasteiger partial charge on any atom is -0.495 e. The van der Waals surface area contributed by atoms with Crippen molar-refractivity contribution in [1.82, 2.24) is 9.21 Å². The van der Waals surface area contributed by atoms with Crippen LogP contribution in [0, 0.1) is 0 Å². The number of ether oxygens (including phenoxy) is 2. The SMILES string of the molecule is COc1ccc(C(=O)OCC(=O)N(C)C2CCCCC2)cc1S(=O)(=O)N(C)Cc1ccccc1. The number of carbonyl (C=O) groups excluding carboxylic acids is 2. The lowest BCUT2D eigenvalue weighted by Gasteiger charge is -2.31. The molecule has 0 aromatic heterocycles. The Kier molecular flexibility index (Phi) is 8.68. The van der Waals surface area contributed by atoms with Crippen LogP contribution in [0.25, 0.3) is 0 Å². The fourth-order valence-electron chi connectivity index (χ4n) is 4.08. The number of likely N-dealkylation sites (N-methyl/N-ethyl adjacent to an activating group) is 1. The van der Waals surface area contributed by atoms with Gasteiger partial charge < -0.3 is 14.4 Å². The zero-order valence-corrected chi connectivity index (χ0v) is 20.7. The predicted molar refractivity (Wildman–Crippen MR) is 128 cm³/mol. The third-order valence-corrected chi connectivity index (χ3v) is 8.00. The molecular weight excluding hydrogens is 456 g/mol. The van der Waals surface area contributed by atoms with Crippen molar-refractivity contribution in [2.24, 2.45) is 0 Å². The minimum atomic E-state index is -3.97. The maximum absolute atomic E-state index is 13.3. The van der Waals surface area contributed by atoms with Crippen LogP contribution in [0.15, 0.2) is 53.4 Å². The first-order valence-electron chi connectivity index (χ1n) is 11.3. The molecule has 1 aliphatic rings. The highest BCUT2D eigenvalue weighted by Gasteiger charge is 2.27. The summed E-state index contributed by atoms with van der Waals surface area (Å²) in [5, 5.41) is 0. The van der Waals surface area contributed by atoms with E-state index in [1.807, 2.05) is 30.3 Å². The Bertz CT molecular complexity index is 1100. The summed E-state index contributed by atoms with van der Waals surface area (Å²) in [5.74, 6) is -0.927. The van der Waals surface area contributed by atoms with Crippen LogP contribution in [0.4, 0.5) is 0 Å². The van der Waals surface area contributed by atoms with Gasteiger partial charge in [0.25, 0.3) is 5.91 Å². The lowest BCUT2D eigenvalue weighted by Crippen LogP contribution is -2.40. The summed E-state index contributed by atoms with van der Waals surface area (Å²) in [5.41, 5.74) is 0.851. The topological polar surface area (TPSA) is 93.2 Å². The molecule has 0 heterocycles. The molecule has 184 valence electrons. The number of carbonyl (C=O) groups is 2. The lowest BCUT2D eigenvalue weighted by molar-refractivity contribution is -0.135. The summed E-state index contributed by atoms with van der Waals surface area (Å²) in [7, 11) is 0.588. The van der Waals surface area contributed by atoms with Crippen LogP contribution in [0.3, 0.4) is 0 Å². The second-order valence-corrected chi connectivity index (χ2v) is 10.5. The van der Waals surface area contributed by atoms with Gasteiger partial charge in [0.1, 0.15) is 10.6 Å². The maximum Gasteiger partial charge on any atom is 0.338 e. The van der Waals surface area contributed by atoms with E-state index in [1.54, 1.807) is 11.9 Å². The van der Waals surface area contributed by atoms with Gasteiger partial charge in [-0.1, -0.05) is 49.6 Å². The van der Waals surface area contributed by atoms with Gasteiger partial charge in [0.2, 0.25) is 10.0 Å². The summed E-state index contributed by atoms with van der Waals surface area (Å²) < 4.78 is 38.2. The van der Waals surface area contributed by atoms with Crippen LogP contribution in [0.2, 0.25) is 0 Å². The molecule has 0 bridgehead atoms. The van der Waals surface area contributed by atoms with Gasteiger partial charge in [0, 0.05) is 26.7 Å². The summed E-state index contributed by atoms with van der Waals surface area (Å²) in [6.07, 6.45) is 5.25. The molecule has 0 radical (unpaired) electrons. The molecule has 2 aromatic rings. The maximum atomic E-state index is 13.3. The average molecular weight is 489 g/mol. The van der Waals surface area contributed by atoms with Crippen LogP contribution < -0.4 is 4.74 Å². The molecule has 2 aromatic carbocycles. The number of benzene rings is 2. The monoisotopic (exact) mass is 488 g/mol. The van der Waals surface area contributed by atoms with Crippen molar-refractivity contribution >= 4 is 21.9 Å². The van der Waals surface area contributed by atoms with Gasteiger partial charge in [-0.05, 0) is 36.6 Å². The first kappa shape index (κ1) is 25.7. The van der Waals surface area contributed by atoms with Gasteiger partial charge in [0.15, 0.2) is 6.61 Å². The van der Waals surface area contributed by atoms with Crippen molar-refractivity contribution in [2.75, 3.05) is 27.8 Å². The van der Waals surface area contributed by atoms with Gasteiger partial charge in [0.05, 0.1) is 12.7 Å². The third kappa shape index (κ3) is 6.15. The second kappa shape index (κ2) is 11.5. The van der Waals surface area contributed by atoms with Crippen molar-refractivity contribution in [3.8, 4) is 5.75 Å². The van der Waals surface area contributed by atoms with E-state index < -0.39 is 22.6 Å². The molecule has 1 fully saturated rings. The molecule has 3 rings (SSSR count). The molecule has 34 heavy (non-hydrogen) atoms. The van der Waals surface area contributed by atoms with Gasteiger partial charge in [-0.25, -0.2) is 13.2 Å². The van der Waals surface area contributed by atoms with E-state index in [9.17, 15) is 18.0 Å². The summed E-state index contributed by atoms with van der Waals surface area (Å²) in [6.45, 7) is -0.239. The van der Waals surface area contributed by atoms with E-state index in [1.165, 1.54) is 43.1 Å². The fourth-order valence-corrected chi connectivity index (χ4v) is 5.42. The third-order valence-electron chi connectivity index (χ3n) is 6.18. The molecule has 0 spiro atoms. The van der Waals surface area contributed by atoms with Gasteiger partial charge in [-0.3, -0.25) is 4.79 Å². The number of sulfonamides is 1. The van der Waals surface area contributed by atoms with Crippen molar-refractivity contribution in [2.45, 2.75) is 49.6 Å². The first-order chi connectivity index (χ1) is 16.2. The summed E-state index contributed by atoms with van der Waals surface area (Å²) >= 11 is 0. The Morgan fingerprint density at radius 2 is 1.68 bits per heavy atom. The van der Waals surface area contributed by atoms with E-state index in [-0.39, 0.29) is 34.7 Å². The normalized spacial score (nSPS) is 14.6. The lowest BCUT2D eigenvalue weighted by atomic mass is 9.94. The zero-order valence-electron chi connectivity index (χ0n) is 19.9. The smallest absolute Gasteiger partial charge is 0.338 e. The van der Waals surface area contributed by atoms with Crippen molar-refractivity contribution in [1.29, 1.82) is 0 Å². The highest BCUT2D eigenvalue weighted by molar-refractivity contribution is 7.89. The number of hydrogen-bond acceptors (Lipinski definition) is 6. The molecule has 9 heteroatoms. The predicted octanol–water partition coefficient (Wildman–Crippen LogP) is 3.46. The number of nitrogens with zero attached hydrogens (tertiary/aromatic N) is 2. The molecule has 1 aliphatic carbocycles. The van der Waals surface area contributed by atoms with Crippen LogP contribution in [-0.2, 0) is 26.1 Å². The molecule has 0 unspecified atom stereocenters. The average Bonchev–Trinajstić information content (AvgIpc) is 2.87. The molecule has 0 aliphatic heterocycles. The number of esters is 1. The Labute approximate surface area is 201 Å². The molecule has 8 nitrogen and oxygen atoms in total. The van der Waals surface area contributed by atoms with Crippen molar-refractivity contribution < 1.29 is 27.5 Å². The van der Waals surface area contributed by atoms with E-state index in [2.05, 4.69) is 0 Å². The van der Waals surface area contributed by atoms with Crippen molar-refractivity contribution in [3.05, 3.63) is 59.7 Å². The van der Waals surface area contributed by atoms with Crippen LogP contribution in [0.5, 0.6) is 5.75 Å². The molecule has 0 N–H and O–H groups in total. The standard InChI is InChI=1S/C25H32N2O6S/c1-26(17-19-10-6-4-7-11-19)34(30,31)23-16-20(14-15-22(23)32-3)25(29)33-18-24(28)27(2)21-12-8-5-9-13-21/h4,6-7,10-11,14-16,21H,5,8-9,12-13,17-18H2,1-3H3. The minimum absolute atomic E-state index is 0.0283. The highest BCUT2D eigenvalue weighted by Crippen LogP contribution is 2.28. The molecule has 1 amide bonds. The zero-order chi connectivity index (χ0) is 24.7. The van der Waals surface area contributed by atoms with Crippen molar-refractivity contribution in [3.63, 3.8) is 0 Å². The fraction of sp³-hybridized carbons (Fsp3) is 0.440. The number of rotatable bonds is 9. The number of amides is 1. The highest BCUT2D eigenvalue weighted by atomic mass is 32.2. The van der Waals surface area contributed by atoms with E-state index in [0.29, 0.717) is 0 Å². The van der Waals surface area contributed by atoms with E-state index in [4.69, 9.17) is 9.47 Å². The van der Waals surface area contributed by atoms with E-state index in [0.717, 1.165) is 31.2 Å². The number of hydrogen-bond donors (Lipinski definition) is 0. The quantitative estimate of drug-likeness (QED) is 0.502. The molecular formula is C25H32N2O6S. The Balaban J connectivity index is 1.72. The first-order valence-corrected chi connectivity index (χ1v) is 12.8. The van der Waals surface area contributed by atoms with Crippen LogP contribution in [0.1, 0.15) is 48.0 Å². The summed E-state index contributed by atoms with van der Waals surface area (Å²) in [6, 6.07) is 13.4. The van der Waals surface area contributed by atoms with E-state index >= 15 is 0 Å². The molecule has 1 saturated carbocycles. The Morgan fingerprint density at radius 1 is 1.00 bits per heavy atom. The Hall–Kier alpha value is -2.91. The number of methoxy groups -OCH3 is 1. The van der Waals surface area contributed by atoms with Gasteiger partial charge >= 0.3 is 5.97 Å². The second-order valence-electron chi connectivity index (χ2n) is 8.48. The van der Waals surface area contributed by atoms with Crippen LogP contribution >= 0.6 is 0 Å². The largest absolute Gasteiger partial charge is 0.495 e. The van der Waals surface area contributed by atoms with Crippen LogP contribution in [-0.4, -0.2) is 63.4 Å². The Morgan fingerprint density at radius 3 is 2.32 bits per heavy atom. The van der Waals surface area contributed by atoms with Gasteiger partial charge in [-0.2, -0.15) is 4.31 Å². The summed E-state index contributed by atoms with van der Waals surface area (Å²) in [4.78, 5) is 26.6.